The molecule has 0 amide bonds. The molecule has 5 heteroatoms. The summed E-state index contributed by atoms with van der Waals surface area (Å²) in [5.74, 6) is 2.39. The monoisotopic (exact) mass is 297 g/mol. The van der Waals surface area contributed by atoms with Gasteiger partial charge in [-0.15, -0.1) is 6.42 Å². The first-order chi connectivity index (χ1) is 8.20. The van der Waals surface area contributed by atoms with Crippen LogP contribution in [0.3, 0.4) is 0 Å². The van der Waals surface area contributed by atoms with Crippen LogP contribution in [0.4, 0.5) is 5.69 Å². The van der Waals surface area contributed by atoms with Gasteiger partial charge in [0.25, 0.3) is 5.56 Å². The first kappa shape index (κ1) is 13.8. The van der Waals surface area contributed by atoms with Crippen molar-refractivity contribution in [2.75, 3.05) is 11.9 Å². The van der Waals surface area contributed by atoms with Crippen molar-refractivity contribution in [3.05, 3.63) is 21.0 Å². The van der Waals surface area contributed by atoms with Crippen LogP contribution in [0, 0.1) is 12.3 Å². The van der Waals surface area contributed by atoms with E-state index in [2.05, 4.69) is 39.2 Å². The van der Waals surface area contributed by atoms with Gasteiger partial charge in [0.15, 0.2) is 0 Å². The van der Waals surface area contributed by atoms with Crippen molar-refractivity contribution in [1.82, 2.24) is 9.78 Å². The molecule has 0 aromatic carbocycles. The number of hydrogen-bond donors (Lipinski definition) is 1. The topological polar surface area (TPSA) is 46.9 Å². The van der Waals surface area contributed by atoms with E-state index in [4.69, 9.17) is 6.42 Å². The van der Waals surface area contributed by atoms with E-state index in [1.54, 1.807) is 6.20 Å². The average molecular weight is 298 g/mol. The van der Waals surface area contributed by atoms with Gasteiger partial charge in [-0.3, -0.25) is 4.79 Å². The van der Waals surface area contributed by atoms with Gasteiger partial charge in [-0.1, -0.05) is 25.7 Å². The summed E-state index contributed by atoms with van der Waals surface area (Å²) in [7, 11) is 0. The van der Waals surface area contributed by atoms with E-state index in [9.17, 15) is 4.79 Å². The van der Waals surface area contributed by atoms with Gasteiger partial charge in [0, 0.05) is 6.54 Å². The summed E-state index contributed by atoms with van der Waals surface area (Å²) in [5.41, 5.74) is 0.516. The van der Waals surface area contributed by atoms with E-state index in [0.29, 0.717) is 4.47 Å². The van der Waals surface area contributed by atoms with Crippen molar-refractivity contribution in [3.8, 4) is 12.3 Å². The molecule has 92 valence electrons. The molecule has 1 N–H and O–H groups in total. The maximum Gasteiger partial charge on any atom is 0.284 e. The van der Waals surface area contributed by atoms with Crippen molar-refractivity contribution in [2.45, 2.75) is 32.7 Å². The van der Waals surface area contributed by atoms with Crippen molar-refractivity contribution in [3.63, 3.8) is 0 Å². The summed E-state index contributed by atoms with van der Waals surface area (Å²) in [5, 5.41) is 7.18. The Morgan fingerprint density at radius 2 is 2.35 bits per heavy atom. The highest BCUT2D eigenvalue weighted by Gasteiger charge is 2.07. The molecule has 0 unspecified atom stereocenters. The largest absolute Gasteiger partial charge is 0.383 e. The van der Waals surface area contributed by atoms with Crippen LogP contribution in [0.25, 0.3) is 0 Å². The molecule has 0 radical (unpaired) electrons. The molecule has 1 aromatic rings. The zero-order chi connectivity index (χ0) is 12.7. The summed E-state index contributed by atoms with van der Waals surface area (Å²) in [6, 6.07) is 0. The van der Waals surface area contributed by atoms with Crippen LogP contribution < -0.4 is 10.9 Å². The Labute approximate surface area is 110 Å². The second-order valence-electron chi connectivity index (χ2n) is 3.67. The summed E-state index contributed by atoms with van der Waals surface area (Å²) in [6.07, 6.45) is 10.2. The number of nitrogens with one attached hydrogen (secondary N) is 1. The van der Waals surface area contributed by atoms with Gasteiger partial charge < -0.3 is 5.32 Å². The van der Waals surface area contributed by atoms with E-state index >= 15 is 0 Å². The fourth-order valence-corrected chi connectivity index (χ4v) is 1.83. The van der Waals surface area contributed by atoms with Gasteiger partial charge in [0.05, 0.1) is 11.9 Å². The third-order valence-corrected chi connectivity index (χ3v) is 3.09. The van der Waals surface area contributed by atoms with Crippen LogP contribution in [0.15, 0.2) is 15.5 Å². The molecule has 0 saturated heterocycles. The molecule has 0 aliphatic rings. The maximum absolute atomic E-state index is 11.8. The number of hydrogen-bond acceptors (Lipinski definition) is 3. The van der Waals surface area contributed by atoms with Gasteiger partial charge in [0.2, 0.25) is 0 Å². The quantitative estimate of drug-likeness (QED) is 0.647. The predicted octanol–water partition coefficient (Wildman–Crippen LogP) is 2.24. The highest BCUT2D eigenvalue weighted by atomic mass is 79.9. The maximum atomic E-state index is 11.8. The third kappa shape index (κ3) is 3.90. The molecule has 1 aromatic heterocycles. The normalized spacial score (nSPS) is 9.94. The molecule has 0 aliphatic carbocycles. The fraction of sp³-hybridized carbons (Fsp3) is 0.500. The number of aromatic nitrogens is 2. The molecule has 0 bridgehead atoms. The van der Waals surface area contributed by atoms with E-state index in [0.717, 1.165) is 18.7 Å². The van der Waals surface area contributed by atoms with E-state index < -0.39 is 0 Å². The zero-order valence-electron chi connectivity index (χ0n) is 9.87. The molecular formula is C12H16BrN3O. The molecule has 0 atom stereocenters. The predicted molar refractivity (Wildman–Crippen MR) is 73.0 cm³/mol. The van der Waals surface area contributed by atoms with Crippen molar-refractivity contribution in [1.29, 1.82) is 0 Å². The minimum Gasteiger partial charge on any atom is -0.383 e. The van der Waals surface area contributed by atoms with E-state index in [-0.39, 0.29) is 12.1 Å². The highest BCUT2D eigenvalue weighted by Crippen LogP contribution is 2.16. The molecule has 0 spiro atoms. The molecule has 0 aliphatic heterocycles. The number of rotatable bonds is 6. The second kappa shape index (κ2) is 7.13. The Balaban J connectivity index is 2.72. The molecule has 1 heterocycles. The van der Waals surface area contributed by atoms with Gasteiger partial charge in [-0.25, -0.2) is 4.68 Å². The Kier molecular flexibility index (Phi) is 5.78. The Morgan fingerprint density at radius 3 is 3.00 bits per heavy atom. The van der Waals surface area contributed by atoms with Crippen molar-refractivity contribution < 1.29 is 0 Å². The van der Waals surface area contributed by atoms with Crippen LogP contribution in [-0.2, 0) is 6.54 Å². The van der Waals surface area contributed by atoms with Crippen molar-refractivity contribution >= 4 is 21.6 Å². The first-order valence-corrected chi connectivity index (χ1v) is 6.43. The lowest BCUT2D eigenvalue weighted by atomic mass is 10.2. The highest BCUT2D eigenvalue weighted by molar-refractivity contribution is 9.10. The molecule has 17 heavy (non-hydrogen) atoms. The number of terminal acetylenes is 1. The van der Waals surface area contributed by atoms with Gasteiger partial charge >= 0.3 is 0 Å². The zero-order valence-corrected chi connectivity index (χ0v) is 11.5. The standard InChI is InChI=1S/C12H16BrN3O/c1-3-5-6-7-14-10-9-15-16(8-4-2)12(17)11(10)13/h2,9,14H,3,5-8H2,1H3. The van der Waals surface area contributed by atoms with Crippen LogP contribution in [0.5, 0.6) is 0 Å². The van der Waals surface area contributed by atoms with E-state index in [1.807, 2.05) is 0 Å². The number of halogens is 1. The van der Waals surface area contributed by atoms with E-state index in [1.165, 1.54) is 17.5 Å². The van der Waals surface area contributed by atoms with Gasteiger partial charge in [-0.05, 0) is 22.4 Å². The minimum absolute atomic E-state index is 0.188. The molecule has 0 fully saturated rings. The molecule has 1 rings (SSSR count). The summed E-state index contributed by atoms with van der Waals surface area (Å²) < 4.78 is 1.74. The Hall–Kier alpha value is -1.28. The summed E-state index contributed by atoms with van der Waals surface area (Å²) in [6.45, 7) is 3.18. The average Bonchev–Trinajstić information content (AvgIpc) is 2.33. The van der Waals surface area contributed by atoms with Crippen LogP contribution in [0.2, 0.25) is 0 Å². The lowest BCUT2D eigenvalue weighted by molar-refractivity contribution is 0.658. The lowest BCUT2D eigenvalue weighted by Crippen LogP contribution is -2.24. The smallest absolute Gasteiger partial charge is 0.284 e. The Bertz CT molecular complexity index is 462. The lowest BCUT2D eigenvalue weighted by Gasteiger charge is -2.08. The number of anilines is 1. The minimum atomic E-state index is -0.205. The van der Waals surface area contributed by atoms with Gasteiger partial charge in [-0.2, -0.15) is 5.10 Å². The summed E-state index contributed by atoms with van der Waals surface area (Å²) >= 11 is 3.27. The first-order valence-electron chi connectivity index (χ1n) is 5.63. The Morgan fingerprint density at radius 1 is 1.59 bits per heavy atom. The third-order valence-electron chi connectivity index (χ3n) is 2.32. The molecule has 4 nitrogen and oxygen atoms in total. The second-order valence-corrected chi connectivity index (χ2v) is 4.47. The molecular weight excluding hydrogens is 282 g/mol. The number of nitrogens with zero attached hydrogens (tertiary/aromatic N) is 2. The van der Waals surface area contributed by atoms with Gasteiger partial charge in [0.1, 0.15) is 11.0 Å². The van der Waals surface area contributed by atoms with Crippen LogP contribution >= 0.6 is 15.9 Å². The van der Waals surface area contributed by atoms with Crippen LogP contribution in [-0.4, -0.2) is 16.3 Å². The fourth-order valence-electron chi connectivity index (χ4n) is 1.39. The SMILES string of the molecule is C#CCn1ncc(NCCCCC)c(Br)c1=O. The van der Waals surface area contributed by atoms with Crippen LogP contribution in [0.1, 0.15) is 26.2 Å². The molecule has 0 saturated carbocycles. The summed E-state index contributed by atoms with van der Waals surface area (Å²) in [4.78, 5) is 11.8. The van der Waals surface area contributed by atoms with Crippen molar-refractivity contribution in [2.24, 2.45) is 0 Å². The number of unbranched alkanes of at least 4 members (excludes halogenated alkanes) is 2.